The van der Waals surface area contributed by atoms with Crippen LogP contribution < -0.4 is 5.32 Å². The lowest BCUT2D eigenvalue weighted by atomic mass is 9.97. The molecule has 0 unspecified atom stereocenters. The van der Waals surface area contributed by atoms with E-state index >= 15 is 0 Å². The first-order chi connectivity index (χ1) is 11.2. The van der Waals surface area contributed by atoms with Crippen LogP contribution in [0.25, 0.3) is 0 Å². The minimum absolute atomic E-state index is 0.119. The third-order valence-corrected chi connectivity index (χ3v) is 4.93. The second-order valence-electron chi connectivity index (χ2n) is 6.31. The van der Waals surface area contributed by atoms with Crippen LogP contribution in [0.3, 0.4) is 0 Å². The van der Waals surface area contributed by atoms with Gasteiger partial charge in [0.25, 0.3) is 5.91 Å². The van der Waals surface area contributed by atoms with Crippen molar-refractivity contribution >= 4 is 11.6 Å². The maximum absolute atomic E-state index is 12.3. The summed E-state index contributed by atoms with van der Waals surface area (Å²) in [5.74, 6) is 0.878. The molecule has 2 rings (SSSR count). The van der Waals surface area contributed by atoms with E-state index in [0.717, 1.165) is 36.8 Å². The molecule has 23 heavy (non-hydrogen) atoms. The predicted octanol–water partition coefficient (Wildman–Crippen LogP) is 3.31. The summed E-state index contributed by atoms with van der Waals surface area (Å²) >= 11 is 0. The summed E-state index contributed by atoms with van der Waals surface area (Å²) in [4.78, 5) is 16.7. The van der Waals surface area contributed by atoms with Crippen LogP contribution in [-0.2, 0) is 0 Å². The van der Waals surface area contributed by atoms with Crippen LogP contribution in [0.5, 0.6) is 0 Å². The lowest BCUT2D eigenvalue weighted by Gasteiger charge is -2.31. The summed E-state index contributed by atoms with van der Waals surface area (Å²) in [6, 6.07) is 7.92. The van der Waals surface area contributed by atoms with Gasteiger partial charge in [-0.1, -0.05) is 6.92 Å². The van der Waals surface area contributed by atoms with E-state index in [1.54, 1.807) is 0 Å². The van der Waals surface area contributed by atoms with Crippen LogP contribution in [-0.4, -0.2) is 55.0 Å². The zero-order chi connectivity index (χ0) is 16.7. The molecule has 0 aromatic heterocycles. The van der Waals surface area contributed by atoms with E-state index in [1.165, 1.54) is 32.5 Å². The number of carbonyl (C=O) groups excluding carboxylic acids is 1. The van der Waals surface area contributed by atoms with Gasteiger partial charge < -0.3 is 15.1 Å². The number of nitrogens with zero attached hydrogens (tertiary/aromatic N) is 2. The van der Waals surface area contributed by atoms with Gasteiger partial charge in [-0.25, -0.2) is 0 Å². The number of benzene rings is 1. The summed E-state index contributed by atoms with van der Waals surface area (Å²) in [6.07, 6.45) is 2.55. The monoisotopic (exact) mass is 317 g/mol. The number of amides is 1. The van der Waals surface area contributed by atoms with Crippen LogP contribution in [0.4, 0.5) is 5.69 Å². The average molecular weight is 317 g/mol. The van der Waals surface area contributed by atoms with Crippen molar-refractivity contribution in [3.8, 4) is 0 Å². The quantitative estimate of drug-likeness (QED) is 0.838. The fraction of sp³-hybridized carbons (Fsp3) is 0.632. The fourth-order valence-electron chi connectivity index (χ4n) is 3.19. The summed E-state index contributed by atoms with van der Waals surface area (Å²) < 4.78 is 0. The van der Waals surface area contributed by atoms with E-state index in [9.17, 15) is 4.79 Å². The number of carbonyl (C=O) groups is 1. The van der Waals surface area contributed by atoms with Crippen molar-refractivity contribution < 1.29 is 4.79 Å². The lowest BCUT2D eigenvalue weighted by molar-refractivity contribution is 0.0773. The van der Waals surface area contributed by atoms with E-state index in [0.29, 0.717) is 0 Å². The first-order valence-electron chi connectivity index (χ1n) is 9.03. The zero-order valence-electron chi connectivity index (χ0n) is 14.8. The molecule has 0 bridgehead atoms. The van der Waals surface area contributed by atoms with Crippen LogP contribution in [0.2, 0.25) is 0 Å². The van der Waals surface area contributed by atoms with Crippen molar-refractivity contribution in [2.75, 3.05) is 44.6 Å². The smallest absolute Gasteiger partial charge is 0.253 e. The highest BCUT2D eigenvalue weighted by Gasteiger charge is 2.17. The summed E-state index contributed by atoms with van der Waals surface area (Å²) in [5, 5.41) is 3.53. The Hall–Kier alpha value is -1.55. The molecular weight excluding hydrogens is 286 g/mol. The average Bonchev–Trinajstić information content (AvgIpc) is 2.61. The van der Waals surface area contributed by atoms with Gasteiger partial charge in [0.1, 0.15) is 0 Å². The van der Waals surface area contributed by atoms with Gasteiger partial charge in [0.2, 0.25) is 0 Å². The number of likely N-dealkylation sites (tertiary alicyclic amines) is 1. The number of anilines is 1. The Balaban J connectivity index is 1.82. The lowest BCUT2D eigenvalue weighted by Crippen LogP contribution is -2.35. The zero-order valence-corrected chi connectivity index (χ0v) is 14.8. The highest BCUT2D eigenvalue weighted by molar-refractivity contribution is 5.94. The van der Waals surface area contributed by atoms with Gasteiger partial charge in [0.15, 0.2) is 0 Å². The van der Waals surface area contributed by atoms with Crippen molar-refractivity contribution in [2.24, 2.45) is 5.92 Å². The maximum Gasteiger partial charge on any atom is 0.253 e. The van der Waals surface area contributed by atoms with Crippen molar-refractivity contribution in [1.29, 1.82) is 0 Å². The Bertz CT molecular complexity index is 474. The van der Waals surface area contributed by atoms with Gasteiger partial charge in [0.05, 0.1) is 0 Å². The van der Waals surface area contributed by atoms with Gasteiger partial charge in [0, 0.05) is 30.9 Å². The predicted molar refractivity (Wildman–Crippen MR) is 97.0 cm³/mol. The SMILES string of the molecule is CCN1CCC(CNc2ccc(C(=O)N(CC)CC)cc2)CC1. The highest BCUT2D eigenvalue weighted by Crippen LogP contribution is 2.18. The fourth-order valence-corrected chi connectivity index (χ4v) is 3.19. The molecule has 1 saturated heterocycles. The molecular formula is C19H31N3O. The Morgan fingerprint density at radius 3 is 2.26 bits per heavy atom. The molecule has 1 N–H and O–H groups in total. The number of hydrogen-bond donors (Lipinski definition) is 1. The second kappa shape index (κ2) is 8.92. The van der Waals surface area contributed by atoms with Crippen LogP contribution in [0.15, 0.2) is 24.3 Å². The largest absolute Gasteiger partial charge is 0.385 e. The molecule has 4 nitrogen and oxygen atoms in total. The minimum atomic E-state index is 0.119. The standard InChI is InChI=1S/C19H31N3O/c1-4-21-13-11-16(12-14-21)15-20-18-9-7-17(8-10-18)19(23)22(5-2)6-3/h7-10,16,20H,4-6,11-15H2,1-3H3. The first-order valence-corrected chi connectivity index (χ1v) is 9.03. The normalized spacial score (nSPS) is 16.3. The van der Waals surface area contributed by atoms with E-state index in [2.05, 4.69) is 17.1 Å². The molecule has 0 spiro atoms. The van der Waals surface area contributed by atoms with Crippen molar-refractivity contribution in [1.82, 2.24) is 9.80 Å². The molecule has 0 radical (unpaired) electrons. The van der Waals surface area contributed by atoms with Gasteiger partial charge in [-0.3, -0.25) is 4.79 Å². The maximum atomic E-state index is 12.3. The molecule has 0 atom stereocenters. The molecule has 1 aliphatic heterocycles. The second-order valence-corrected chi connectivity index (χ2v) is 6.31. The van der Waals surface area contributed by atoms with Gasteiger partial charge in [-0.15, -0.1) is 0 Å². The first kappa shape index (κ1) is 17.8. The molecule has 128 valence electrons. The third-order valence-electron chi connectivity index (χ3n) is 4.93. The molecule has 1 amide bonds. The van der Waals surface area contributed by atoms with Crippen LogP contribution >= 0.6 is 0 Å². The van der Waals surface area contributed by atoms with Gasteiger partial charge in [-0.2, -0.15) is 0 Å². The Kier molecular flexibility index (Phi) is 6.90. The number of rotatable bonds is 7. The molecule has 1 aromatic carbocycles. The molecule has 1 aliphatic rings. The van der Waals surface area contributed by atoms with Crippen molar-refractivity contribution in [3.05, 3.63) is 29.8 Å². The van der Waals surface area contributed by atoms with Crippen LogP contribution in [0, 0.1) is 5.92 Å². The van der Waals surface area contributed by atoms with Crippen molar-refractivity contribution in [3.63, 3.8) is 0 Å². The molecule has 1 heterocycles. The Morgan fingerprint density at radius 1 is 1.13 bits per heavy atom. The van der Waals surface area contributed by atoms with E-state index < -0.39 is 0 Å². The summed E-state index contributed by atoms with van der Waals surface area (Å²) in [7, 11) is 0. The molecule has 1 aromatic rings. The molecule has 4 heteroatoms. The number of nitrogens with one attached hydrogen (secondary N) is 1. The number of hydrogen-bond acceptors (Lipinski definition) is 3. The van der Waals surface area contributed by atoms with E-state index in [-0.39, 0.29) is 5.91 Å². The van der Waals surface area contributed by atoms with Crippen LogP contribution in [0.1, 0.15) is 44.0 Å². The Labute approximate surface area is 140 Å². The number of piperidine rings is 1. The summed E-state index contributed by atoms with van der Waals surface area (Å²) in [5.41, 5.74) is 1.88. The van der Waals surface area contributed by atoms with Crippen molar-refractivity contribution in [2.45, 2.75) is 33.6 Å². The third kappa shape index (κ3) is 4.96. The Morgan fingerprint density at radius 2 is 1.74 bits per heavy atom. The van der Waals surface area contributed by atoms with E-state index in [4.69, 9.17) is 0 Å². The van der Waals surface area contributed by atoms with Gasteiger partial charge in [-0.05, 0) is 76.5 Å². The summed E-state index contributed by atoms with van der Waals surface area (Å²) in [6.45, 7) is 12.4. The van der Waals surface area contributed by atoms with Gasteiger partial charge >= 0.3 is 0 Å². The minimum Gasteiger partial charge on any atom is -0.385 e. The molecule has 1 fully saturated rings. The topological polar surface area (TPSA) is 35.6 Å². The highest BCUT2D eigenvalue weighted by atomic mass is 16.2. The van der Waals surface area contributed by atoms with E-state index in [1.807, 2.05) is 43.0 Å². The molecule has 0 saturated carbocycles. The molecule has 0 aliphatic carbocycles.